The van der Waals surface area contributed by atoms with Gasteiger partial charge in [0, 0.05) is 34.9 Å². The van der Waals surface area contributed by atoms with Gasteiger partial charge in [-0.15, -0.1) is 23.1 Å². The standard InChI is InChI=1S/C22H21N3O2S2/c1-13-9-16(14(2)25(13)3)18(26)11-28-12-19-23-21(27)20-17(10-29-22(20)24-19)15-7-5-4-6-8-15/h4-10H,11-12H2,1-3H3,(H,23,24,27). The van der Waals surface area contributed by atoms with E-state index in [4.69, 9.17) is 0 Å². The van der Waals surface area contributed by atoms with Gasteiger partial charge < -0.3 is 9.55 Å². The maximum absolute atomic E-state index is 12.7. The number of thiophene rings is 1. The lowest BCUT2D eigenvalue weighted by Gasteiger charge is -2.04. The van der Waals surface area contributed by atoms with Crippen molar-refractivity contribution in [2.45, 2.75) is 19.6 Å². The summed E-state index contributed by atoms with van der Waals surface area (Å²) in [5.41, 5.74) is 4.59. The van der Waals surface area contributed by atoms with Crippen molar-refractivity contribution >= 4 is 39.1 Å². The zero-order valence-electron chi connectivity index (χ0n) is 16.5. The minimum Gasteiger partial charge on any atom is -0.351 e. The van der Waals surface area contributed by atoms with Crippen molar-refractivity contribution < 1.29 is 4.79 Å². The van der Waals surface area contributed by atoms with Crippen LogP contribution in [-0.2, 0) is 12.8 Å². The number of aromatic amines is 1. The van der Waals surface area contributed by atoms with Crippen LogP contribution in [0.15, 0.2) is 46.6 Å². The van der Waals surface area contributed by atoms with E-state index in [1.807, 2.05) is 67.2 Å². The lowest BCUT2D eigenvalue weighted by Crippen LogP contribution is -2.11. The van der Waals surface area contributed by atoms with Crippen LogP contribution in [0.25, 0.3) is 21.3 Å². The maximum atomic E-state index is 12.7. The second kappa shape index (κ2) is 8.00. The molecule has 148 valence electrons. The first-order chi connectivity index (χ1) is 14.0. The Bertz CT molecular complexity index is 1250. The fourth-order valence-corrected chi connectivity index (χ4v) is 5.09. The number of H-pyrrole nitrogens is 1. The Kier molecular flexibility index (Phi) is 5.43. The van der Waals surface area contributed by atoms with Gasteiger partial charge in [-0.1, -0.05) is 30.3 Å². The Morgan fingerprint density at radius 2 is 2.00 bits per heavy atom. The van der Waals surface area contributed by atoms with E-state index in [9.17, 15) is 9.59 Å². The molecular weight excluding hydrogens is 402 g/mol. The van der Waals surface area contributed by atoms with Crippen molar-refractivity contribution in [2.75, 3.05) is 5.75 Å². The molecule has 0 radical (unpaired) electrons. The minimum atomic E-state index is -0.133. The van der Waals surface area contributed by atoms with Crippen LogP contribution >= 0.6 is 23.1 Å². The number of rotatable bonds is 6. The van der Waals surface area contributed by atoms with Crippen LogP contribution in [0, 0.1) is 13.8 Å². The van der Waals surface area contributed by atoms with Gasteiger partial charge in [-0.25, -0.2) is 4.98 Å². The molecule has 0 spiro atoms. The molecule has 4 aromatic rings. The molecule has 1 aromatic carbocycles. The van der Waals surface area contributed by atoms with E-state index in [0.717, 1.165) is 32.9 Å². The number of ketones is 1. The lowest BCUT2D eigenvalue weighted by molar-refractivity contribution is 0.102. The zero-order valence-corrected chi connectivity index (χ0v) is 18.1. The van der Waals surface area contributed by atoms with Gasteiger partial charge >= 0.3 is 0 Å². The normalized spacial score (nSPS) is 11.3. The second-order valence-corrected chi connectivity index (χ2v) is 8.81. The molecule has 7 heteroatoms. The van der Waals surface area contributed by atoms with E-state index in [2.05, 4.69) is 9.97 Å². The SMILES string of the molecule is Cc1cc(C(=O)CSCc2nc3scc(-c4ccccc4)c3c(=O)[nH]2)c(C)n1C. The Labute approximate surface area is 176 Å². The van der Waals surface area contributed by atoms with Crippen molar-refractivity contribution in [1.29, 1.82) is 0 Å². The Balaban J connectivity index is 1.50. The van der Waals surface area contributed by atoms with Gasteiger partial charge in [0.05, 0.1) is 16.9 Å². The Morgan fingerprint density at radius 3 is 2.69 bits per heavy atom. The first-order valence-corrected chi connectivity index (χ1v) is 11.3. The van der Waals surface area contributed by atoms with Crippen LogP contribution in [0.3, 0.4) is 0 Å². The van der Waals surface area contributed by atoms with E-state index in [1.165, 1.54) is 23.1 Å². The number of benzene rings is 1. The topological polar surface area (TPSA) is 67.8 Å². The summed E-state index contributed by atoms with van der Waals surface area (Å²) in [6.07, 6.45) is 0. The molecule has 0 fully saturated rings. The van der Waals surface area contributed by atoms with E-state index >= 15 is 0 Å². The third-order valence-corrected chi connectivity index (χ3v) is 6.94. The molecule has 0 aliphatic heterocycles. The average Bonchev–Trinajstić information content (AvgIpc) is 3.26. The molecular formula is C22H21N3O2S2. The summed E-state index contributed by atoms with van der Waals surface area (Å²) in [5.74, 6) is 1.54. The van der Waals surface area contributed by atoms with Crippen molar-refractivity contribution in [1.82, 2.24) is 14.5 Å². The summed E-state index contributed by atoms with van der Waals surface area (Å²) in [7, 11) is 1.96. The summed E-state index contributed by atoms with van der Waals surface area (Å²) < 4.78 is 2.02. The second-order valence-electron chi connectivity index (χ2n) is 6.97. The van der Waals surface area contributed by atoms with Gasteiger partial charge in [-0.05, 0) is 25.5 Å². The van der Waals surface area contributed by atoms with Crippen LogP contribution in [0.4, 0.5) is 0 Å². The molecule has 0 aliphatic rings. The highest BCUT2D eigenvalue weighted by Crippen LogP contribution is 2.30. The Morgan fingerprint density at radius 1 is 1.24 bits per heavy atom. The molecule has 0 saturated carbocycles. The Hall–Kier alpha value is -2.64. The minimum absolute atomic E-state index is 0.0992. The fourth-order valence-electron chi connectivity index (χ4n) is 3.35. The van der Waals surface area contributed by atoms with Crippen molar-refractivity contribution in [3.8, 4) is 11.1 Å². The van der Waals surface area contributed by atoms with Crippen molar-refractivity contribution in [3.05, 3.63) is 74.9 Å². The van der Waals surface area contributed by atoms with E-state index in [0.29, 0.717) is 22.7 Å². The monoisotopic (exact) mass is 423 g/mol. The van der Waals surface area contributed by atoms with E-state index < -0.39 is 0 Å². The molecule has 0 bridgehead atoms. The predicted molar refractivity (Wildman–Crippen MR) is 121 cm³/mol. The van der Waals surface area contributed by atoms with Crippen molar-refractivity contribution in [3.63, 3.8) is 0 Å². The lowest BCUT2D eigenvalue weighted by atomic mass is 10.1. The maximum Gasteiger partial charge on any atom is 0.260 e. The number of thioether (sulfide) groups is 1. The van der Waals surface area contributed by atoms with Gasteiger partial charge in [0.15, 0.2) is 5.78 Å². The van der Waals surface area contributed by atoms with Crippen LogP contribution in [-0.4, -0.2) is 26.1 Å². The van der Waals surface area contributed by atoms with Crippen LogP contribution in [0.5, 0.6) is 0 Å². The number of Topliss-reactive ketones (excluding diaryl/α,β-unsaturated/α-hetero) is 1. The molecule has 5 nitrogen and oxygen atoms in total. The van der Waals surface area contributed by atoms with Gasteiger partial charge in [0.1, 0.15) is 10.7 Å². The first-order valence-electron chi connectivity index (χ1n) is 9.25. The molecule has 0 aliphatic carbocycles. The zero-order chi connectivity index (χ0) is 20.5. The van der Waals surface area contributed by atoms with Gasteiger partial charge in [0.25, 0.3) is 5.56 Å². The number of nitrogens with one attached hydrogen (secondary N) is 1. The third kappa shape index (κ3) is 3.80. The van der Waals surface area contributed by atoms with Crippen LogP contribution in [0.1, 0.15) is 27.6 Å². The number of aryl methyl sites for hydroxylation is 1. The largest absolute Gasteiger partial charge is 0.351 e. The molecule has 4 rings (SSSR count). The van der Waals surface area contributed by atoms with Gasteiger partial charge in [0.2, 0.25) is 0 Å². The number of aromatic nitrogens is 3. The number of carbonyl (C=O) groups is 1. The average molecular weight is 424 g/mol. The smallest absolute Gasteiger partial charge is 0.260 e. The summed E-state index contributed by atoms with van der Waals surface area (Å²) in [5, 5.41) is 2.60. The summed E-state index contributed by atoms with van der Waals surface area (Å²) in [6.45, 7) is 3.95. The molecule has 0 unspecified atom stereocenters. The molecule has 0 amide bonds. The van der Waals surface area contributed by atoms with E-state index in [-0.39, 0.29) is 11.3 Å². The summed E-state index contributed by atoms with van der Waals surface area (Å²) in [4.78, 5) is 33.5. The van der Waals surface area contributed by atoms with Crippen molar-refractivity contribution in [2.24, 2.45) is 7.05 Å². The quantitative estimate of drug-likeness (QED) is 0.456. The fraction of sp³-hybridized carbons (Fsp3) is 0.227. The van der Waals surface area contributed by atoms with Crippen LogP contribution in [0.2, 0.25) is 0 Å². The summed E-state index contributed by atoms with van der Waals surface area (Å²) in [6, 6.07) is 11.8. The summed E-state index contributed by atoms with van der Waals surface area (Å²) >= 11 is 2.94. The molecule has 0 atom stereocenters. The molecule has 29 heavy (non-hydrogen) atoms. The molecule has 3 heterocycles. The molecule has 1 N–H and O–H groups in total. The number of fused-ring (bicyclic) bond motifs is 1. The highest BCUT2D eigenvalue weighted by molar-refractivity contribution is 7.99. The molecule has 3 aromatic heterocycles. The van der Waals surface area contributed by atoms with Crippen LogP contribution < -0.4 is 5.56 Å². The highest BCUT2D eigenvalue weighted by atomic mass is 32.2. The van der Waals surface area contributed by atoms with Gasteiger partial charge in [-0.3, -0.25) is 9.59 Å². The highest BCUT2D eigenvalue weighted by Gasteiger charge is 2.15. The number of carbonyl (C=O) groups excluding carboxylic acids is 1. The number of hydrogen-bond donors (Lipinski definition) is 1. The number of nitrogens with zero attached hydrogens (tertiary/aromatic N) is 2. The first kappa shape index (κ1) is 19.7. The van der Waals surface area contributed by atoms with Gasteiger partial charge in [-0.2, -0.15) is 0 Å². The predicted octanol–water partition coefficient (Wildman–Crippen LogP) is 4.72. The third-order valence-electron chi connectivity index (χ3n) is 5.13. The van der Waals surface area contributed by atoms with E-state index in [1.54, 1.807) is 0 Å². The molecule has 0 saturated heterocycles. The number of hydrogen-bond acceptors (Lipinski definition) is 5.